The lowest BCUT2D eigenvalue weighted by molar-refractivity contribution is 0.0154. The average molecular weight is 418 g/mol. The van der Waals surface area contributed by atoms with E-state index in [-0.39, 0.29) is 18.5 Å². The van der Waals surface area contributed by atoms with Gasteiger partial charge in [0.15, 0.2) is 0 Å². The van der Waals surface area contributed by atoms with Crippen LogP contribution < -0.4 is 0 Å². The minimum atomic E-state index is -0.879. The molecule has 0 aliphatic rings. The number of carbonyl (C=O) groups is 1. The van der Waals surface area contributed by atoms with Crippen molar-refractivity contribution >= 4 is 18.4 Å². The fourth-order valence-electron chi connectivity index (χ4n) is 2.46. The Bertz CT molecular complexity index is 451. The molecule has 0 fully saturated rings. The topological polar surface area (TPSA) is 70.0 Å². The summed E-state index contributed by atoms with van der Waals surface area (Å²) in [6.45, 7) is 10.8. The Labute approximate surface area is 177 Å². The molecule has 0 radical (unpaired) electrons. The quantitative estimate of drug-likeness (QED) is 0.422. The molecule has 0 spiro atoms. The largest absolute Gasteiger partial charge is 0.478 e. The number of carboxylic acids is 1. The third kappa shape index (κ3) is 17.0. The van der Waals surface area contributed by atoms with E-state index in [1.165, 1.54) is 25.7 Å². The normalized spacial score (nSPS) is 11.3. The van der Waals surface area contributed by atoms with Gasteiger partial charge in [-0.15, -0.1) is 12.4 Å². The molecule has 0 aliphatic carbocycles. The van der Waals surface area contributed by atoms with Crippen molar-refractivity contribution in [2.45, 2.75) is 65.4 Å². The number of hydrogen-bond acceptors (Lipinski definition) is 4. The van der Waals surface area contributed by atoms with Gasteiger partial charge in [0, 0.05) is 13.2 Å². The van der Waals surface area contributed by atoms with Gasteiger partial charge in [0.05, 0.1) is 18.3 Å². The maximum absolute atomic E-state index is 10.2. The zero-order chi connectivity index (χ0) is 20.3. The van der Waals surface area contributed by atoms with Crippen molar-refractivity contribution in [2.24, 2.45) is 0 Å². The van der Waals surface area contributed by atoms with Crippen LogP contribution >= 0.6 is 12.4 Å². The molecule has 164 valence electrons. The molecule has 1 atom stereocenters. The lowest BCUT2D eigenvalue weighted by Gasteiger charge is -2.24. The number of aliphatic hydroxyl groups excluding tert-OH is 1. The van der Waals surface area contributed by atoms with Crippen LogP contribution in [-0.2, 0) is 4.74 Å². The summed E-state index contributed by atoms with van der Waals surface area (Å²) in [5.74, 6) is -0.879. The van der Waals surface area contributed by atoms with E-state index in [1.807, 2.05) is 0 Å². The van der Waals surface area contributed by atoms with Crippen LogP contribution in [-0.4, -0.2) is 60.0 Å². The summed E-state index contributed by atoms with van der Waals surface area (Å²) >= 11 is 0. The highest BCUT2D eigenvalue weighted by molar-refractivity contribution is 5.87. The van der Waals surface area contributed by atoms with Gasteiger partial charge in [0.2, 0.25) is 0 Å². The van der Waals surface area contributed by atoms with E-state index in [0.29, 0.717) is 12.2 Å². The van der Waals surface area contributed by atoms with Crippen LogP contribution in [0.4, 0.5) is 0 Å². The standard InChI is InChI=1S/C15H33NO2.C7H6O2.ClH/c1-4-7-10-16(11-8-5-2)13-15(17)14-18-12-9-6-3;8-7(9)6-4-2-1-3-5-6;/h15,17H,4-14H2,1-3H3;1-5H,(H,8,9);1H. The summed E-state index contributed by atoms with van der Waals surface area (Å²) in [7, 11) is 0. The minimum Gasteiger partial charge on any atom is -0.478 e. The molecule has 2 N–H and O–H groups in total. The number of aliphatic hydroxyl groups is 1. The lowest BCUT2D eigenvalue weighted by Crippen LogP contribution is -2.36. The number of rotatable bonds is 14. The number of carboxylic acid groups (broad SMARTS) is 1. The SMILES string of the molecule is CCCCOCC(O)CN(CCCC)CCCC.Cl.O=C(O)c1ccccc1. The van der Waals surface area contributed by atoms with Gasteiger partial charge >= 0.3 is 5.97 Å². The number of unbranched alkanes of at least 4 members (excludes halogenated alkanes) is 3. The Morgan fingerprint density at radius 1 is 1.00 bits per heavy atom. The number of halogens is 1. The number of benzene rings is 1. The Morgan fingerprint density at radius 2 is 1.54 bits per heavy atom. The zero-order valence-electron chi connectivity index (χ0n) is 17.8. The fraction of sp³-hybridized carbons (Fsp3) is 0.682. The molecule has 1 aromatic carbocycles. The van der Waals surface area contributed by atoms with Crippen LogP contribution in [0.15, 0.2) is 30.3 Å². The van der Waals surface area contributed by atoms with Gasteiger partial charge in [-0.1, -0.05) is 58.2 Å². The summed E-state index contributed by atoms with van der Waals surface area (Å²) < 4.78 is 5.47. The number of ether oxygens (including phenoxy) is 1. The van der Waals surface area contributed by atoms with Gasteiger partial charge < -0.3 is 19.8 Å². The van der Waals surface area contributed by atoms with Crippen molar-refractivity contribution in [2.75, 3.05) is 32.8 Å². The molecule has 0 saturated carbocycles. The van der Waals surface area contributed by atoms with E-state index >= 15 is 0 Å². The first kappa shape index (κ1) is 29.1. The molecule has 0 aliphatic heterocycles. The summed E-state index contributed by atoms with van der Waals surface area (Å²) in [6.07, 6.45) is 6.75. The van der Waals surface area contributed by atoms with Gasteiger partial charge in [-0.25, -0.2) is 4.79 Å². The minimum absolute atomic E-state index is 0. The van der Waals surface area contributed by atoms with E-state index in [1.54, 1.807) is 30.3 Å². The third-order valence-electron chi connectivity index (χ3n) is 4.10. The summed E-state index contributed by atoms with van der Waals surface area (Å²) in [4.78, 5) is 12.6. The van der Waals surface area contributed by atoms with E-state index in [4.69, 9.17) is 9.84 Å². The second-order valence-corrected chi connectivity index (χ2v) is 6.76. The molecule has 1 rings (SSSR count). The first-order chi connectivity index (χ1) is 13.0. The zero-order valence-corrected chi connectivity index (χ0v) is 18.6. The highest BCUT2D eigenvalue weighted by Crippen LogP contribution is 2.02. The van der Waals surface area contributed by atoms with E-state index < -0.39 is 5.97 Å². The van der Waals surface area contributed by atoms with Crippen LogP contribution in [0.1, 0.15) is 69.7 Å². The number of aromatic carboxylic acids is 1. The van der Waals surface area contributed by atoms with Gasteiger partial charge in [-0.2, -0.15) is 0 Å². The van der Waals surface area contributed by atoms with Gasteiger partial charge in [-0.05, 0) is 44.5 Å². The molecule has 0 aromatic heterocycles. The summed E-state index contributed by atoms with van der Waals surface area (Å²) in [6, 6.07) is 8.30. The van der Waals surface area contributed by atoms with E-state index in [9.17, 15) is 9.90 Å². The Morgan fingerprint density at radius 3 is 1.96 bits per heavy atom. The van der Waals surface area contributed by atoms with Crippen molar-refractivity contribution in [3.8, 4) is 0 Å². The maximum atomic E-state index is 10.2. The first-order valence-corrected chi connectivity index (χ1v) is 10.3. The molecular formula is C22H40ClNO4. The Kier molecular flexibility index (Phi) is 21.4. The van der Waals surface area contributed by atoms with Crippen LogP contribution in [0.2, 0.25) is 0 Å². The van der Waals surface area contributed by atoms with Gasteiger partial charge in [0.25, 0.3) is 0 Å². The molecule has 0 amide bonds. The third-order valence-corrected chi connectivity index (χ3v) is 4.10. The lowest BCUT2D eigenvalue weighted by atomic mass is 10.2. The Hall–Kier alpha value is -1.14. The number of hydrogen-bond donors (Lipinski definition) is 2. The maximum Gasteiger partial charge on any atom is 0.335 e. The van der Waals surface area contributed by atoms with Crippen molar-refractivity contribution in [3.05, 3.63) is 35.9 Å². The van der Waals surface area contributed by atoms with Gasteiger partial charge in [0.1, 0.15) is 0 Å². The highest BCUT2D eigenvalue weighted by Gasteiger charge is 2.11. The molecule has 1 unspecified atom stereocenters. The average Bonchev–Trinajstić information content (AvgIpc) is 2.68. The second-order valence-electron chi connectivity index (χ2n) is 6.76. The number of nitrogens with zero attached hydrogens (tertiary/aromatic N) is 1. The van der Waals surface area contributed by atoms with Crippen LogP contribution in [0, 0.1) is 0 Å². The molecule has 0 heterocycles. The van der Waals surface area contributed by atoms with Crippen molar-refractivity contribution in [3.63, 3.8) is 0 Å². The molecule has 5 nitrogen and oxygen atoms in total. The molecular weight excluding hydrogens is 378 g/mol. The smallest absolute Gasteiger partial charge is 0.335 e. The van der Waals surface area contributed by atoms with E-state index in [0.717, 1.165) is 39.1 Å². The predicted molar refractivity (Wildman–Crippen MR) is 119 cm³/mol. The van der Waals surface area contributed by atoms with Crippen molar-refractivity contribution < 1.29 is 19.7 Å². The molecule has 1 aromatic rings. The highest BCUT2D eigenvalue weighted by atomic mass is 35.5. The molecule has 28 heavy (non-hydrogen) atoms. The summed E-state index contributed by atoms with van der Waals surface area (Å²) in [5, 5.41) is 18.3. The molecule has 0 bridgehead atoms. The Balaban J connectivity index is 0. The predicted octanol–water partition coefficient (Wildman–Crippen LogP) is 4.87. The van der Waals surface area contributed by atoms with E-state index in [2.05, 4.69) is 25.7 Å². The second kappa shape index (κ2) is 20.6. The molecule has 6 heteroatoms. The van der Waals surface area contributed by atoms with Crippen LogP contribution in [0.3, 0.4) is 0 Å². The molecule has 0 saturated heterocycles. The summed E-state index contributed by atoms with van der Waals surface area (Å²) in [5.41, 5.74) is 0.331. The van der Waals surface area contributed by atoms with Gasteiger partial charge in [-0.3, -0.25) is 0 Å². The van der Waals surface area contributed by atoms with Crippen molar-refractivity contribution in [1.82, 2.24) is 4.90 Å². The van der Waals surface area contributed by atoms with Crippen molar-refractivity contribution in [1.29, 1.82) is 0 Å². The monoisotopic (exact) mass is 417 g/mol. The van der Waals surface area contributed by atoms with Crippen LogP contribution in [0.5, 0.6) is 0 Å². The fourth-order valence-corrected chi connectivity index (χ4v) is 2.46. The first-order valence-electron chi connectivity index (χ1n) is 10.3. The van der Waals surface area contributed by atoms with Crippen LogP contribution in [0.25, 0.3) is 0 Å².